The summed E-state index contributed by atoms with van der Waals surface area (Å²) in [7, 11) is 0. The van der Waals surface area contributed by atoms with Crippen LogP contribution in [0, 0.1) is 23.7 Å². The Hall–Kier alpha value is -0.990. The molecule has 2 nitrogen and oxygen atoms in total. The number of nitriles is 1. The fourth-order valence-corrected chi connectivity index (χ4v) is 0.469. The van der Waals surface area contributed by atoms with Gasteiger partial charge in [-0.25, -0.2) is 0 Å². The van der Waals surface area contributed by atoms with E-state index < -0.39 is 0 Å². The van der Waals surface area contributed by atoms with E-state index in [2.05, 4.69) is 11.2 Å². The van der Waals surface area contributed by atoms with E-state index in [4.69, 9.17) is 11.7 Å². The highest BCUT2D eigenvalue weighted by Gasteiger charge is 1.94. The average molecular weight is 122 g/mol. The first-order valence-corrected chi connectivity index (χ1v) is 2.85. The summed E-state index contributed by atoms with van der Waals surface area (Å²) in [5.74, 6) is 2.50. The summed E-state index contributed by atoms with van der Waals surface area (Å²) in [6, 6.07) is 2.24. The molecule has 9 heavy (non-hydrogen) atoms. The van der Waals surface area contributed by atoms with Crippen LogP contribution in [0.4, 0.5) is 0 Å². The molecule has 0 aliphatic rings. The van der Waals surface area contributed by atoms with Crippen molar-refractivity contribution >= 4 is 0 Å². The van der Waals surface area contributed by atoms with Crippen molar-refractivity contribution in [2.45, 2.75) is 19.4 Å². The summed E-state index contributed by atoms with van der Waals surface area (Å²) in [4.78, 5) is 0. The predicted molar refractivity (Wildman–Crippen MR) is 36.5 cm³/mol. The Bertz CT molecular complexity index is 138. The highest BCUT2D eigenvalue weighted by molar-refractivity contribution is 4.89. The van der Waals surface area contributed by atoms with Crippen LogP contribution in [0.2, 0.25) is 0 Å². The molecule has 0 aliphatic heterocycles. The van der Waals surface area contributed by atoms with Crippen LogP contribution in [0.5, 0.6) is 0 Å². The molecule has 0 aliphatic carbocycles. The van der Waals surface area contributed by atoms with Gasteiger partial charge in [0.05, 0.1) is 12.6 Å². The van der Waals surface area contributed by atoms with E-state index in [1.807, 2.05) is 13.0 Å². The van der Waals surface area contributed by atoms with Gasteiger partial charge in [0.15, 0.2) is 0 Å². The van der Waals surface area contributed by atoms with Crippen LogP contribution >= 0.6 is 0 Å². The van der Waals surface area contributed by atoms with Crippen molar-refractivity contribution in [3.63, 3.8) is 0 Å². The largest absolute Gasteiger partial charge is 0.301 e. The zero-order valence-corrected chi connectivity index (χ0v) is 5.52. The summed E-state index contributed by atoms with van der Waals surface area (Å²) in [5.41, 5.74) is 0. The van der Waals surface area contributed by atoms with Gasteiger partial charge in [-0.2, -0.15) is 5.26 Å². The molecule has 0 aromatic carbocycles. The van der Waals surface area contributed by atoms with Crippen LogP contribution in [-0.4, -0.2) is 12.6 Å². The van der Waals surface area contributed by atoms with E-state index >= 15 is 0 Å². The number of rotatable bonds is 3. The van der Waals surface area contributed by atoms with Gasteiger partial charge in [0.1, 0.15) is 0 Å². The van der Waals surface area contributed by atoms with Crippen molar-refractivity contribution < 1.29 is 0 Å². The number of nitrogens with zero attached hydrogens (tertiary/aromatic N) is 1. The third-order valence-corrected chi connectivity index (χ3v) is 0.954. The molecule has 2 heteroatoms. The SMILES string of the molecule is C#CCC(C)NCC#N. The molecule has 0 spiro atoms. The normalized spacial score (nSPS) is 11.4. The third kappa shape index (κ3) is 4.87. The Balaban J connectivity index is 3.21. The molecule has 0 fully saturated rings. The molecule has 48 valence electrons. The molecule has 0 saturated heterocycles. The van der Waals surface area contributed by atoms with E-state index in [1.54, 1.807) is 0 Å². The third-order valence-electron chi connectivity index (χ3n) is 0.954. The van der Waals surface area contributed by atoms with Crippen LogP contribution < -0.4 is 5.32 Å². The van der Waals surface area contributed by atoms with E-state index in [0.717, 1.165) is 0 Å². The van der Waals surface area contributed by atoms with Gasteiger partial charge < -0.3 is 5.32 Å². The molecule has 0 bridgehead atoms. The van der Waals surface area contributed by atoms with Crippen molar-refractivity contribution in [3.05, 3.63) is 0 Å². The van der Waals surface area contributed by atoms with Crippen LogP contribution in [0.1, 0.15) is 13.3 Å². The molecule has 0 rings (SSSR count). The first-order valence-electron chi connectivity index (χ1n) is 2.85. The second kappa shape index (κ2) is 5.15. The number of terminal acetylenes is 1. The van der Waals surface area contributed by atoms with E-state index in [-0.39, 0.29) is 6.04 Å². The summed E-state index contributed by atoms with van der Waals surface area (Å²) in [5, 5.41) is 11.0. The van der Waals surface area contributed by atoms with Gasteiger partial charge in [-0.05, 0) is 6.92 Å². The van der Waals surface area contributed by atoms with Crippen LogP contribution in [0.3, 0.4) is 0 Å². The van der Waals surface area contributed by atoms with Crippen molar-refractivity contribution in [1.82, 2.24) is 5.32 Å². The molecule has 1 N–H and O–H groups in total. The molecular formula is C7H10N2. The van der Waals surface area contributed by atoms with E-state index in [0.29, 0.717) is 13.0 Å². The fourth-order valence-electron chi connectivity index (χ4n) is 0.469. The highest BCUT2D eigenvalue weighted by Crippen LogP contribution is 1.84. The zero-order valence-electron chi connectivity index (χ0n) is 5.52. The number of hydrogen-bond acceptors (Lipinski definition) is 2. The lowest BCUT2D eigenvalue weighted by molar-refractivity contribution is 0.601. The van der Waals surface area contributed by atoms with Gasteiger partial charge in [0, 0.05) is 12.5 Å². The smallest absolute Gasteiger partial charge is 0.0843 e. The van der Waals surface area contributed by atoms with E-state index in [9.17, 15) is 0 Å². The summed E-state index contributed by atoms with van der Waals surface area (Å²) >= 11 is 0. The van der Waals surface area contributed by atoms with Gasteiger partial charge >= 0.3 is 0 Å². The van der Waals surface area contributed by atoms with Crippen LogP contribution in [-0.2, 0) is 0 Å². The minimum atomic E-state index is 0.259. The second-order valence-electron chi connectivity index (χ2n) is 1.85. The van der Waals surface area contributed by atoms with Crippen molar-refractivity contribution in [3.8, 4) is 18.4 Å². The van der Waals surface area contributed by atoms with Crippen molar-refractivity contribution in [2.24, 2.45) is 0 Å². The summed E-state index contributed by atoms with van der Waals surface area (Å²) in [6.45, 7) is 2.33. The maximum atomic E-state index is 8.12. The number of hydrogen-bond donors (Lipinski definition) is 1. The molecule has 1 atom stereocenters. The van der Waals surface area contributed by atoms with E-state index in [1.165, 1.54) is 0 Å². The van der Waals surface area contributed by atoms with Crippen LogP contribution in [0.25, 0.3) is 0 Å². The van der Waals surface area contributed by atoms with Gasteiger partial charge in [-0.15, -0.1) is 12.3 Å². The molecule has 0 saturated carbocycles. The second-order valence-corrected chi connectivity index (χ2v) is 1.85. The van der Waals surface area contributed by atoms with Crippen molar-refractivity contribution in [1.29, 1.82) is 5.26 Å². The lowest BCUT2D eigenvalue weighted by Crippen LogP contribution is -2.25. The lowest BCUT2D eigenvalue weighted by atomic mass is 10.2. The maximum absolute atomic E-state index is 8.12. The maximum Gasteiger partial charge on any atom is 0.0843 e. The average Bonchev–Trinajstić information content (AvgIpc) is 1.85. The zero-order chi connectivity index (χ0) is 7.11. The topological polar surface area (TPSA) is 35.8 Å². The molecular weight excluding hydrogens is 112 g/mol. The monoisotopic (exact) mass is 122 g/mol. The minimum Gasteiger partial charge on any atom is -0.301 e. The molecule has 0 heterocycles. The van der Waals surface area contributed by atoms with Gasteiger partial charge in [0.2, 0.25) is 0 Å². The summed E-state index contributed by atoms with van der Waals surface area (Å²) in [6.07, 6.45) is 5.71. The van der Waals surface area contributed by atoms with Crippen molar-refractivity contribution in [2.75, 3.05) is 6.54 Å². The predicted octanol–water partition coefficient (Wildman–Crippen LogP) is 0.511. The molecule has 0 amide bonds. The minimum absolute atomic E-state index is 0.259. The van der Waals surface area contributed by atoms with Crippen LogP contribution in [0.15, 0.2) is 0 Å². The first kappa shape index (κ1) is 8.01. The molecule has 0 radical (unpaired) electrons. The Kier molecular flexibility index (Phi) is 4.59. The summed E-state index contributed by atoms with van der Waals surface area (Å²) < 4.78 is 0. The lowest BCUT2D eigenvalue weighted by Gasteiger charge is -2.04. The molecule has 0 aromatic heterocycles. The first-order chi connectivity index (χ1) is 4.31. The Labute approximate surface area is 55.9 Å². The quantitative estimate of drug-likeness (QED) is 0.437. The van der Waals surface area contributed by atoms with Gasteiger partial charge in [0.25, 0.3) is 0 Å². The molecule has 0 aromatic rings. The Morgan fingerprint density at radius 2 is 2.44 bits per heavy atom. The standard InChI is InChI=1S/C7H10N2/c1-3-4-7(2)9-6-5-8/h1,7,9H,4,6H2,2H3. The van der Waals surface area contributed by atoms with Gasteiger partial charge in [-0.1, -0.05) is 0 Å². The highest BCUT2D eigenvalue weighted by atomic mass is 14.9. The molecule has 1 unspecified atom stereocenters. The Morgan fingerprint density at radius 1 is 1.78 bits per heavy atom. The fraction of sp³-hybridized carbons (Fsp3) is 0.571. The Morgan fingerprint density at radius 3 is 2.89 bits per heavy atom. The van der Waals surface area contributed by atoms with Gasteiger partial charge in [-0.3, -0.25) is 0 Å². The number of nitrogens with one attached hydrogen (secondary N) is 1.